The van der Waals surface area contributed by atoms with Gasteiger partial charge in [-0.1, -0.05) is 5.16 Å². The quantitative estimate of drug-likeness (QED) is 0.699. The molecular weight excluding hydrogens is 390 g/mol. The summed E-state index contributed by atoms with van der Waals surface area (Å²) in [5, 5.41) is 10.9. The van der Waals surface area contributed by atoms with E-state index in [4.69, 9.17) is 24.9 Å². The highest BCUT2D eigenvalue weighted by atomic mass is 16.5. The first kappa shape index (κ1) is 21.7. The van der Waals surface area contributed by atoms with Crippen LogP contribution in [0.5, 0.6) is 0 Å². The van der Waals surface area contributed by atoms with Crippen LogP contribution >= 0.6 is 0 Å². The van der Waals surface area contributed by atoms with Crippen molar-refractivity contribution in [3.8, 4) is 0 Å². The molecule has 0 spiro atoms. The monoisotopic (exact) mass is 417 g/mol. The highest BCUT2D eigenvalue weighted by Gasteiger charge is 2.36. The highest BCUT2D eigenvalue weighted by Crippen LogP contribution is 2.24. The van der Waals surface area contributed by atoms with E-state index in [1.165, 1.54) is 0 Å². The van der Waals surface area contributed by atoms with E-state index in [2.05, 4.69) is 15.0 Å². The van der Waals surface area contributed by atoms with Crippen LogP contribution in [0.3, 0.4) is 0 Å². The van der Waals surface area contributed by atoms with Crippen LogP contribution in [0.25, 0.3) is 0 Å². The van der Waals surface area contributed by atoms with Crippen LogP contribution in [0.1, 0.15) is 27.4 Å². The maximum Gasteiger partial charge on any atom is 0.290 e. The van der Waals surface area contributed by atoms with E-state index in [0.29, 0.717) is 31.1 Å². The van der Waals surface area contributed by atoms with E-state index in [1.54, 1.807) is 18.3 Å². The summed E-state index contributed by atoms with van der Waals surface area (Å²) in [5.74, 6) is 1.53. The zero-order valence-corrected chi connectivity index (χ0v) is 17.2. The van der Waals surface area contributed by atoms with Gasteiger partial charge < -0.3 is 25.0 Å². The molecule has 10 heteroatoms. The minimum atomic E-state index is -0.250. The number of pyridine rings is 1. The molecule has 2 aromatic heterocycles. The zero-order chi connectivity index (χ0) is 21.7. The number of anilines is 1. The van der Waals surface area contributed by atoms with Crippen molar-refractivity contribution >= 4 is 18.2 Å². The number of carboxylic acid groups (broad SMARTS) is 1. The Balaban J connectivity index is 0.000000806. The van der Waals surface area contributed by atoms with E-state index in [0.717, 1.165) is 36.7 Å². The van der Waals surface area contributed by atoms with Crippen LogP contribution < -0.4 is 5.73 Å². The Bertz CT molecular complexity index is 849. The molecule has 1 amide bonds. The Kier molecular flexibility index (Phi) is 7.01. The number of hydrogen-bond acceptors (Lipinski definition) is 8. The molecule has 0 aliphatic carbocycles. The lowest BCUT2D eigenvalue weighted by Gasteiger charge is -2.31. The van der Waals surface area contributed by atoms with E-state index >= 15 is 0 Å². The van der Waals surface area contributed by atoms with Gasteiger partial charge in [0.2, 0.25) is 0 Å². The van der Waals surface area contributed by atoms with Crippen LogP contribution in [0, 0.1) is 19.8 Å². The average Bonchev–Trinajstić information content (AvgIpc) is 2.88. The molecule has 30 heavy (non-hydrogen) atoms. The van der Waals surface area contributed by atoms with Crippen molar-refractivity contribution in [2.24, 2.45) is 5.92 Å². The molecule has 2 aromatic rings. The molecule has 10 nitrogen and oxygen atoms in total. The molecule has 2 atom stereocenters. The van der Waals surface area contributed by atoms with Gasteiger partial charge in [0, 0.05) is 43.9 Å². The van der Waals surface area contributed by atoms with Crippen LogP contribution in [0.15, 0.2) is 22.9 Å². The van der Waals surface area contributed by atoms with Crippen LogP contribution in [-0.2, 0) is 16.1 Å². The van der Waals surface area contributed by atoms with Crippen molar-refractivity contribution in [3.05, 3.63) is 40.9 Å². The lowest BCUT2D eigenvalue weighted by Crippen LogP contribution is -2.46. The first-order chi connectivity index (χ1) is 14.4. The van der Waals surface area contributed by atoms with Gasteiger partial charge >= 0.3 is 0 Å². The number of rotatable bonds is 3. The Morgan fingerprint density at radius 1 is 1.30 bits per heavy atom. The summed E-state index contributed by atoms with van der Waals surface area (Å²) in [5.41, 5.74) is 8.28. The topological polar surface area (TPSA) is 135 Å². The third-order valence-corrected chi connectivity index (χ3v) is 5.40. The van der Waals surface area contributed by atoms with Crippen molar-refractivity contribution in [2.45, 2.75) is 26.4 Å². The van der Waals surface area contributed by atoms with Gasteiger partial charge in [-0.15, -0.1) is 0 Å². The number of aryl methyl sites for hydroxylation is 2. The van der Waals surface area contributed by atoms with Crippen LogP contribution in [0.4, 0.5) is 5.82 Å². The third kappa shape index (κ3) is 4.95. The van der Waals surface area contributed by atoms with E-state index in [9.17, 15) is 4.79 Å². The largest absolute Gasteiger partial charge is 0.483 e. The molecule has 0 aromatic carbocycles. The van der Waals surface area contributed by atoms with E-state index in [1.807, 2.05) is 18.7 Å². The first-order valence-corrected chi connectivity index (χ1v) is 9.75. The Hall–Kier alpha value is -2.98. The van der Waals surface area contributed by atoms with Crippen molar-refractivity contribution in [3.63, 3.8) is 0 Å². The summed E-state index contributed by atoms with van der Waals surface area (Å²) in [4.78, 5) is 29.8. The molecule has 3 N–H and O–H groups in total. The summed E-state index contributed by atoms with van der Waals surface area (Å²) in [6.07, 6.45) is 1.55. The summed E-state index contributed by atoms with van der Waals surface area (Å²) in [6, 6.07) is 3.41. The van der Waals surface area contributed by atoms with Gasteiger partial charge in [-0.2, -0.15) is 0 Å². The van der Waals surface area contributed by atoms with Gasteiger partial charge in [0.25, 0.3) is 12.4 Å². The van der Waals surface area contributed by atoms with Crippen molar-refractivity contribution in [2.75, 3.05) is 38.6 Å². The molecule has 2 fully saturated rings. The minimum absolute atomic E-state index is 0.00280. The van der Waals surface area contributed by atoms with Crippen molar-refractivity contribution < 1.29 is 24.0 Å². The molecule has 2 bridgehead atoms. The van der Waals surface area contributed by atoms with Crippen LogP contribution in [0.2, 0.25) is 0 Å². The molecule has 2 aliphatic rings. The average molecular weight is 417 g/mol. The second kappa shape index (κ2) is 9.68. The lowest BCUT2D eigenvalue weighted by molar-refractivity contribution is -0.122. The summed E-state index contributed by atoms with van der Waals surface area (Å²) >= 11 is 0. The second-order valence-corrected chi connectivity index (χ2v) is 7.59. The summed E-state index contributed by atoms with van der Waals surface area (Å²) in [7, 11) is 0. The number of aromatic nitrogens is 2. The fourth-order valence-electron chi connectivity index (χ4n) is 3.97. The summed E-state index contributed by atoms with van der Waals surface area (Å²) < 4.78 is 11.1. The molecular formula is C20H27N5O5. The Morgan fingerprint density at radius 3 is 2.70 bits per heavy atom. The van der Waals surface area contributed by atoms with Gasteiger partial charge in [-0.25, -0.2) is 4.98 Å². The molecule has 2 saturated heterocycles. The number of nitrogens with two attached hydrogens (primary N) is 1. The molecule has 0 unspecified atom stereocenters. The van der Waals surface area contributed by atoms with Gasteiger partial charge in [0.15, 0.2) is 0 Å². The fraction of sp³-hybridized carbons (Fsp3) is 0.500. The minimum Gasteiger partial charge on any atom is -0.483 e. The predicted molar refractivity (Wildman–Crippen MR) is 108 cm³/mol. The number of carbonyl (C=O) groups is 2. The first-order valence-electron chi connectivity index (χ1n) is 9.75. The second-order valence-electron chi connectivity index (χ2n) is 7.59. The smallest absolute Gasteiger partial charge is 0.290 e. The maximum absolute atomic E-state index is 13.1. The number of carbonyl (C=O) groups excluding carboxylic acids is 1. The molecule has 4 heterocycles. The lowest BCUT2D eigenvalue weighted by atomic mass is 10.1. The third-order valence-electron chi connectivity index (χ3n) is 5.40. The van der Waals surface area contributed by atoms with Crippen molar-refractivity contribution in [1.29, 1.82) is 0 Å². The van der Waals surface area contributed by atoms with E-state index in [-0.39, 0.29) is 24.3 Å². The number of nitrogens with zero attached hydrogens (tertiary/aromatic N) is 4. The zero-order valence-electron chi connectivity index (χ0n) is 17.2. The van der Waals surface area contributed by atoms with Gasteiger partial charge in [-0.3, -0.25) is 14.5 Å². The Labute approximate surface area is 174 Å². The molecule has 0 radical (unpaired) electrons. The van der Waals surface area contributed by atoms with Crippen LogP contribution in [-0.4, -0.2) is 76.3 Å². The number of amides is 1. The SMILES string of the molecule is Cc1noc(C)c1CN1C[C@@H]2COC[C@H](C1)N(C(=O)c1ccc(N)nc1)C2.O=CO. The Morgan fingerprint density at radius 2 is 2.07 bits per heavy atom. The molecule has 0 saturated carbocycles. The summed E-state index contributed by atoms with van der Waals surface area (Å²) in [6.45, 7) is 7.98. The fourth-order valence-corrected chi connectivity index (χ4v) is 3.97. The van der Waals surface area contributed by atoms with Gasteiger partial charge in [-0.05, 0) is 26.0 Å². The van der Waals surface area contributed by atoms with Crippen molar-refractivity contribution in [1.82, 2.24) is 19.9 Å². The number of nitrogen functional groups attached to an aromatic ring is 1. The normalized spacial score (nSPS) is 21.3. The number of ether oxygens (including phenoxy) is 1. The highest BCUT2D eigenvalue weighted by molar-refractivity contribution is 5.94. The predicted octanol–water partition coefficient (Wildman–Crippen LogP) is 0.942. The molecule has 4 rings (SSSR count). The number of fused-ring (bicyclic) bond motifs is 3. The maximum atomic E-state index is 13.1. The van der Waals surface area contributed by atoms with E-state index < -0.39 is 0 Å². The standard InChI is InChI=1S/C19H25N5O3.CH2O2/c1-12-17(13(2)27-22-12)9-23-6-14-7-24(16(8-23)11-26-10-14)19(25)15-3-4-18(20)21-5-15;2-1-3/h3-5,14,16H,6-11H2,1-2H3,(H2,20,21);1H,(H,2,3)/t14-,16-;/m0./s1. The molecule has 162 valence electrons. The molecule has 2 aliphatic heterocycles. The van der Waals surface area contributed by atoms with Gasteiger partial charge in [0.1, 0.15) is 11.6 Å². The number of hydrogen-bond donors (Lipinski definition) is 2. The van der Waals surface area contributed by atoms with Gasteiger partial charge in [0.05, 0.1) is 30.5 Å².